The minimum absolute atomic E-state index is 0.172. The zero-order valence-corrected chi connectivity index (χ0v) is 21.0. The molecule has 0 heterocycles. The number of amides is 1. The van der Waals surface area contributed by atoms with Crippen LogP contribution in [0.25, 0.3) is 0 Å². The fourth-order valence-corrected chi connectivity index (χ4v) is 4.13. The van der Waals surface area contributed by atoms with E-state index >= 15 is 0 Å². The van der Waals surface area contributed by atoms with Gasteiger partial charge < -0.3 is 9.47 Å². The van der Waals surface area contributed by atoms with E-state index in [1.54, 1.807) is 13.3 Å². The van der Waals surface area contributed by atoms with Crippen LogP contribution in [0.2, 0.25) is 5.02 Å². The number of ether oxygens (including phenoxy) is 2. The molecule has 0 atom stereocenters. The summed E-state index contributed by atoms with van der Waals surface area (Å²) in [5, 5.41) is 4.75. The minimum atomic E-state index is -0.172. The Morgan fingerprint density at radius 2 is 1.91 bits per heavy atom. The maximum absolute atomic E-state index is 12.2. The summed E-state index contributed by atoms with van der Waals surface area (Å²) in [6.07, 6.45) is 1.86. The summed E-state index contributed by atoms with van der Waals surface area (Å²) in [5.74, 6) is 1.03. The number of methoxy groups -OCH3 is 1. The highest BCUT2D eigenvalue weighted by atomic mass is 127. The van der Waals surface area contributed by atoms with E-state index in [1.165, 1.54) is 5.56 Å². The quantitative estimate of drug-likeness (QED) is 0.213. The molecule has 0 aliphatic heterocycles. The Hall–Kier alpha value is -2.58. The first-order chi connectivity index (χ1) is 15.4. The van der Waals surface area contributed by atoms with Crippen LogP contribution in [-0.4, -0.2) is 19.2 Å². The number of hydrazone groups is 1. The smallest absolute Gasteiger partial charge is 0.244 e. The number of aryl methyl sites for hydroxylation is 2. The Balaban J connectivity index is 1.65. The number of hydrogen-bond donors (Lipinski definition) is 1. The van der Waals surface area contributed by atoms with Gasteiger partial charge in [0.15, 0.2) is 11.5 Å². The zero-order chi connectivity index (χ0) is 23.1. The maximum Gasteiger partial charge on any atom is 0.244 e. The van der Waals surface area contributed by atoms with E-state index in [-0.39, 0.29) is 12.3 Å². The number of carbonyl (C=O) groups excluding carboxylic acids is 1. The van der Waals surface area contributed by atoms with E-state index in [9.17, 15) is 4.79 Å². The van der Waals surface area contributed by atoms with Gasteiger partial charge in [0.2, 0.25) is 5.91 Å². The van der Waals surface area contributed by atoms with Gasteiger partial charge in [0.05, 0.1) is 23.3 Å². The molecule has 3 aromatic rings. The van der Waals surface area contributed by atoms with Crippen LogP contribution < -0.4 is 14.9 Å². The molecular weight excluding hydrogens is 539 g/mol. The zero-order valence-electron chi connectivity index (χ0n) is 18.1. The second kappa shape index (κ2) is 11.3. The third kappa shape index (κ3) is 6.46. The fraction of sp³-hybridized carbons (Fsp3) is 0.200. The Labute approximate surface area is 206 Å². The van der Waals surface area contributed by atoms with E-state index in [1.807, 2.05) is 62.4 Å². The summed E-state index contributed by atoms with van der Waals surface area (Å²) in [5.41, 5.74) is 7.51. The molecule has 1 N–H and O–H groups in total. The first-order valence-electron chi connectivity index (χ1n) is 9.99. The predicted octanol–water partition coefficient (Wildman–Crippen LogP) is 5.84. The number of carbonyl (C=O) groups is 1. The van der Waals surface area contributed by atoms with Crippen molar-refractivity contribution in [1.29, 1.82) is 0 Å². The molecule has 7 heteroatoms. The van der Waals surface area contributed by atoms with E-state index in [0.717, 1.165) is 25.8 Å². The lowest BCUT2D eigenvalue weighted by Crippen LogP contribution is -2.20. The van der Waals surface area contributed by atoms with Gasteiger partial charge in [-0.2, -0.15) is 5.10 Å². The molecule has 0 fully saturated rings. The van der Waals surface area contributed by atoms with Gasteiger partial charge in [-0.15, -0.1) is 0 Å². The molecule has 166 valence electrons. The number of hydrogen-bond acceptors (Lipinski definition) is 4. The van der Waals surface area contributed by atoms with Crippen LogP contribution in [0.4, 0.5) is 0 Å². The van der Waals surface area contributed by atoms with Crippen LogP contribution in [0.15, 0.2) is 59.7 Å². The van der Waals surface area contributed by atoms with Crippen LogP contribution in [0.3, 0.4) is 0 Å². The van der Waals surface area contributed by atoms with Gasteiger partial charge in [-0.3, -0.25) is 4.79 Å². The predicted molar refractivity (Wildman–Crippen MR) is 137 cm³/mol. The number of halogens is 2. The number of benzene rings is 3. The Kier molecular flexibility index (Phi) is 8.53. The number of rotatable bonds is 8. The molecule has 32 heavy (non-hydrogen) atoms. The Morgan fingerprint density at radius 3 is 2.62 bits per heavy atom. The van der Waals surface area contributed by atoms with Crippen molar-refractivity contribution in [3.8, 4) is 11.5 Å². The monoisotopic (exact) mass is 562 g/mol. The van der Waals surface area contributed by atoms with Gasteiger partial charge in [0, 0.05) is 10.6 Å². The first kappa shape index (κ1) is 24.1. The standard InChI is InChI=1S/C25H24ClIN2O3/c1-16-8-9-19(17(2)10-16)13-24(30)29-28-14-18-11-22(27)25(23(12-18)31-3)32-15-20-6-4-5-7-21(20)26/h4-12,14H,13,15H2,1-3H3,(H,29,30)/b28-14-. The van der Waals surface area contributed by atoms with E-state index in [0.29, 0.717) is 23.1 Å². The van der Waals surface area contributed by atoms with Gasteiger partial charge in [-0.05, 0) is 71.3 Å². The number of nitrogens with one attached hydrogen (secondary N) is 1. The van der Waals surface area contributed by atoms with Gasteiger partial charge in [-0.1, -0.05) is 53.6 Å². The summed E-state index contributed by atoms with van der Waals surface area (Å²) in [7, 11) is 1.58. The molecule has 0 unspecified atom stereocenters. The van der Waals surface area contributed by atoms with Crippen LogP contribution in [0.5, 0.6) is 11.5 Å². The maximum atomic E-state index is 12.2. The van der Waals surface area contributed by atoms with Gasteiger partial charge in [0.25, 0.3) is 0 Å². The largest absolute Gasteiger partial charge is 0.493 e. The highest BCUT2D eigenvalue weighted by molar-refractivity contribution is 14.1. The number of nitrogens with zero attached hydrogens (tertiary/aromatic N) is 1. The molecule has 1 amide bonds. The van der Waals surface area contributed by atoms with Crippen molar-refractivity contribution in [3.63, 3.8) is 0 Å². The van der Waals surface area contributed by atoms with E-state index in [4.69, 9.17) is 21.1 Å². The fourth-order valence-electron chi connectivity index (χ4n) is 3.16. The van der Waals surface area contributed by atoms with E-state index in [2.05, 4.69) is 39.2 Å². The summed E-state index contributed by atoms with van der Waals surface area (Å²) in [4.78, 5) is 12.2. The van der Waals surface area contributed by atoms with Gasteiger partial charge in [0.1, 0.15) is 6.61 Å². The highest BCUT2D eigenvalue weighted by Gasteiger charge is 2.12. The second-order valence-electron chi connectivity index (χ2n) is 7.31. The SMILES string of the molecule is COc1cc(/C=N\NC(=O)Cc2ccc(C)cc2C)cc(I)c1OCc1ccccc1Cl. The molecule has 5 nitrogen and oxygen atoms in total. The third-order valence-electron chi connectivity index (χ3n) is 4.83. The summed E-state index contributed by atoms with van der Waals surface area (Å²) < 4.78 is 12.3. The highest BCUT2D eigenvalue weighted by Crippen LogP contribution is 2.34. The lowest BCUT2D eigenvalue weighted by atomic mass is 10.0. The van der Waals surface area contributed by atoms with Crippen molar-refractivity contribution in [2.24, 2.45) is 5.10 Å². The van der Waals surface area contributed by atoms with Crippen LogP contribution in [0.1, 0.15) is 27.8 Å². The Bertz CT molecular complexity index is 1150. The molecule has 0 saturated heterocycles. The molecule has 0 spiro atoms. The first-order valence-corrected chi connectivity index (χ1v) is 11.4. The molecule has 0 radical (unpaired) electrons. The molecule has 3 rings (SSSR count). The van der Waals surface area contributed by atoms with Crippen LogP contribution >= 0.6 is 34.2 Å². The average molecular weight is 563 g/mol. The topological polar surface area (TPSA) is 59.9 Å². The van der Waals surface area contributed by atoms with Crippen molar-refractivity contribution in [3.05, 3.63) is 91.0 Å². The molecule has 0 aliphatic carbocycles. The summed E-state index contributed by atoms with van der Waals surface area (Å²) in [6.45, 7) is 4.36. The van der Waals surface area contributed by atoms with Crippen LogP contribution in [0, 0.1) is 17.4 Å². The molecular formula is C25H24ClIN2O3. The Morgan fingerprint density at radius 1 is 1.12 bits per heavy atom. The van der Waals surface area contributed by atoms with E-state index < -0.39 is 0 Å². The van der Waals surface area contributed by atoms with Crippen molar-refractivity contribution in [1.82, 2.24) is 5.43 Å². The van der Waals surface area contributed by atoms with Crippen molar-refractivity contribution >= 4 is 46.3 Å². The normalized spacial score (nSPS) is 10.9. The third-order valence-corrected chi connectivity index (χ3v) is 6.00. The van der Waals surface area contributed by atoms with Crippen LogP contribution in [-0.2, 0) is 17.8 Å². The molecule has 0 aliphatic rings. The molecule has 0 saturated carbocycles. The lowest BCUT2D eigenvalue weighted by Gasteiger charge is -2.14. The summed E-state index contributed by atoms with van der Waals surface area (Å²) in [6, 6.07) is 17.3. The lowest BCUT2D eigenvalue weighted by molar-refractivity contribution is -0.120. The molecule has 0 bridgehead atoms. The van der Waals surface area contributed by atoms with Crippen molar-refractivity contribution in [2.75, 3.05) is 7.11 Å². The van der Waals surface area contributed by atoms with Crippen molar-refractivity contribution < 1.29 is 14.3 Å². The average Bonchev–Trinajstić information content (AvgIpc) is 2.75. The minimum Gasteiger partial charge on any atom is -0.493 e. The summed E-state index contributed by atoms with van der Waals surface area (Å²) >= 11 is 8.40. The second-order valence-corrected chi connectivity index (χ2v) is 8.88. The van der Waals surface area contributed by atoms with Gasteiger partial charge in [-0.25, -0.2) is 5.43 Å². The van der Waals surface area contributed by atoms with Crippen molar-refractivity contribution in [2.45, 2.75) is 26.9 Å². The molecule has 3 aromatic carbocycles. The molecule has 0 aromatic heterocycles. The van der Waals surface area contributed by atoms with Gasteiger partial charge >= 0.3 is 0 Å².